The first kappa shape index (κ1) is 19.2. The number of nitrogens with one attached hydrogen (secondary N) is 1. The van der Waals surface area contributed by atoms with Gasteiger partial charge in [0.2, 0.25) is 5.91 Å². The number of carboxylic acids is 1. The Morgan fingerprint density at radius 2 is 2.08 bits per heavy atom. The van der Waals surface area contributed by atoms with Gasteiger partial charge in [0.15, 0.2) is 4.34 Å². The van der Waals surface area contributed by atoms with Crippen LogP contribution in [-0.4, -0.2) is 27.7 Å². The maximum Gasteiger partial charge on any atom is 0.307 e. The van der Waals surface area contributed by atoms with Gasteiger partial charge in [-0.25, -0.2) is 4.98 Å². The quantitative estimate of drug-likeness (QED) is 0.511. The average Bonchev–Trinajstić information content (AvgIpc) is 3.04. The summed E-state index contributed by atoms with van der Waals surface area (Å²) in [5.74, 6) is -0.996. The van der Waals surface area contributed by atoms with Crippen LogP contribution in [0, 0.1) is 11.8 Å². The summed E-state index contributed by atoms with van der Waals surface area (Å²) in [7, 11) is 0. The summed E-state index contributed by atoms with van der Waals surface area (Å²) in [6.07, 6.45) is 5.37. The number of hydrogen-bond acceptors (Lipinski definition) is 5. The maximum absolute atomic E-state index is 12.6. The fraction of sp³-hybridized carbons (Fsp3) is 0.526. The van der Waals surface area contributed by atoms with Crippen molar-refractivity contribution in [1.29, 1.82) is 0 Å². The van der Waals surface area contributed by atoms with E-state index >= 15 is 0 Å². The van der Waals surface area contributed by atoms with E-state index in [-0.39, 0.29) is 5.91 Å². The van der Waals surface area contributed by atoms with E-state index < -0.39 is 17.8 Å². The highest BCUT2D eigenvalue weighted by molar-refractivity contribution is 8.01. The molecule has 140 valence electrons. The summed E-state index contributed by atoms with van der Waals surface area (Å²) in [5.41, 5.74) is 1.65. The first-order valence-corrected chi connectivity index (χ1v) is 11.0. The van der Waals surface area contributed by atoms with E-state index in [1.807, 2.05) is 18.2 Å². The van der Waals surface area contributed by atoms with Crippen LogP contribution in [0.1, 0.15) is 45.4 Å². The van der Waals surface area contributed by atoms with Crippen LogP contribution in [0.2, 0.25) is 0 Å². The molecule has 0 radical (unpaired) electrons. The van der Waals surface area contributed by atoms with Crippen LogP contribution < -0.4 is 5.32 Å². The summed E-state index contributed by atoms with van der Waals surface area (Å²) < 4.78 is 2.09. The first-order valence-electron chi connectivity index (χ1n) is 9.15. The lowest BCUT2D eigenvalue weighted by molar-refractivity contribution is -0.147. The van der Waals surface area contributed by atoms with E-state index in [0.717, 1.165) is 33.2 Å². The number of hydrogen-bond donors (Lipinski definition) is 2. The maximum atomic E-state index is 12.6. The number of aromatic nitrogens is 1. The number of rotatable bonds is 7. The summed E-state index contributed by atoms with van der Waals surface area (Å²) >= 11 is 3.41. The number of carbonyl (C=O) groups is 2. The fourth-order valence-corrected chi connectivity index (χ4v) is 5.58. The Kier molecular flexibility index (Phi) is 6.53. The van der Waals surface area contributed by atoms with Gasteiger partial charge in [0.25, 0.3) is 0 Å². The number of nitrogens with zero attached hydrogens (tertiary/aromatic N) is 1. The van der Waals surface area contributed by atoms with E-state index in [1.54, 1.807) is 23.1 Å². The van der Waals surface area contributed by atoms with Crippen molar-refractivity contribution in [2.45, 2.75) is 49.8 Å². The van der Waals surface area contributed by atoms with Gasteiger partial charge in [-0.2, -0.15) is 0 Å². The Balaban J connectivity index is 1.69. The molecule has 1 aliphatic carbocycles. The van der Waals surface area contributed by atoms with Gasteiger partial charge in [0.1, 0.15) is 0 Å². The molecular weight excluding hydrogens is 368 g/mol. The van der Waals surface area contributed by atoms with Crippen LogP contribution >= 0.6 is 23.1 Å². The third kappa shape index (κ3) is 4.57. The molecule has 7 heteroatoms. The van der Waals surface area contributed by atoms with Crippen LogP contribution in [0.5, 0.6) is 0 Å². The van der Waals surface area contributed by atoms with Crippen molar-refractivity contribution in [2.75, 3.05) is 11.1 Å². The molecule has 26 heavy (non-hydrogen) atoms. The molecule has 2 atom stereocenters. The number of aliphatic carboxylic acids is 1. The number of thiazole rings is 1. The molecular formula is C19H24N2O3S2. The van der Waals surface area contributed by atoms with Crippen LogP contribution in [0.4, 0.5) is 5.69 Å². The van der Waals surface area contributed by atoms with E-state index in [0.29, 0.717) is 18.5 Å². The van der Waals surface area contributed by atoms with Crippen molar-refractivity contribution in [1.82, 2.24) is 4.98 Å². The zero-order valence-electron chi connectivity index (χ0n) is 14.9. The smallest absolute Gasteiger partial charge is 0.307 e. The molecule has 1 aromatic heterocycles. The van der Waals surface area contributed by atoms with Crippen molar-refractivity contribution >= 4 is 50.9 Å². The summed E-state index contributed by atoms with van der Waals surface area (Å²) in [4.78, 5) is 28.6. The molecule has 1 heterocycles. The van der Waals surface area contributed by atoms with Crippen LogP contribution in [-0.2, 0) is 9.59 Å². The second-order valence-corrected chi connectivity index (χ2v) is 9.06. The Bertz CT molecular complexity index is 790. The van der Waals surface area contributed by atoms with E-state index in [1.165, 1.54) is 12.8 Å². The molecule has 0 unspecified atom stereocenters. The molecule has 2 aromatic rings. The monoisotopic (exact) mass is 392 g/mol. The predicted molar refractivity (Wildman–Crippen MR) is 107 cm³/mol. The number of anilines is 1. The molecule has 0 aliphatic heterocycles. The predicted octanol–water partition coefficient (Wildman–Crippen LogP) is 5.02. The molecule has 1 aromatic carbocycles. The molecule has 1 aliphatic rings. The lowest BCUT2D eigenvalue weighted by Gasteiger charge is -2.27. The normalized spacial score (nSPS) is 20.2. The van der Waals surface area contributed by atoms with Gasteiger partial charge in [0.05, 0.1) is 22.1 Å². The Morgan fingerprint density at radius 3 is 2.81 bits per heavy atom. The average molecular weight is 393 g/mol. The number of fused-ring (bicyclic) bond motifs is 1. The van der Waals surface area contributed by atoms with Crippen LogP contribution in [0.3, 0.4) is 0 Å². The minimum Gasteiger partial charge on any atom is -0.481 e. The van der Waals surface area contributed by atoms with E-state index in [9.17, 15) is 14.7 Å². The molecule has 1 fully saturated rings. The van der Waals surface area contributed by atoms with Crippen LogP contribution in [0.25, 0.3) is 10.2 Å². The second-order valence-electron chi connectivity index (χ2n) is 6.69. The number of carbonyl (C=O) groups excluding carboxylic acids is 1. The summed E-state index contributed by atoms with van der Waals surface area (Å²) in [6, 6.07) is 5.70. The molecule has 2 N–H and O–H groups in total. The van der Waals surface area contributed by atoms with Gasteiger partial charge in [0, 0.05) is 11.4 Å². The third-order valence-electron chi connectivity index (χ3n) is 4.78. The standard InChI is InChI=1S/C19H24N2O3S2/c1-2-3-10-25-19-21-15-9-8-12(11-16(15)26-19)20-17(22)13-6-4-5-7-14(13)18(23)24/h8-9,11,13-14H,2-7,10H2,1H3,(H,20,22)(H,23,24)/t13-,14-/m1/s1. The van der Waals surface area contributed by atoms with Crippen molar-refractivity contribution < 1.29 is 14.7 Å². The lowest BCUT2D eigenvalue weighted by atomic mass is 9.78. The van der Waals surface area contributed by atoms with Crippen LogP contribution in [0.15, 0.2) is 22.5 Å². The van der Waals surface area contributed by atoms with Gasteiger partial charge in [-0.1, -0.05) is 37.9 Å². The van der Waals surface area contributed by atoms with E-state index in [4.69, 9.17) is 0 Å². The van der Waals surface area contributed by atoms with Gasteiger partial charge in [-0.05, 0) is 37.5 Å². The summed E-state index contributed by atoms with van der Waals surface area (Å²) in [5, 5.41) is 12.3. The van der Waals surface area contributed by atoms with Gasteiger partial charge >= 0.3 is 5.97 Å². The van der Waals surface area contributed by atoms with Gasteiger partial charge in [-0.3, -0.25) is 9.59 Å². The Hall–Kier alpha value is -1.60. The topological polar surface area (TPSA) is 79.3 Å². The molecule has 1 amide bonds. The van der Waals surface area contributed by atoms with E-state index in [2.05, 4.69) is 17.2 Å². The minimum atomic E-state index is -0.864. The number of carboxylic acid groups (broad SMARTS) is 1. The fourth-order valence-electron chi connectivity index (χ4n) is 3.32. The first-order chi connectivity index (χ1) is 12.6. The van der Waals surface area contributed by atoms with Crippen molar-refractivity contribution in [3.8, 4) is 0 Å². The lowest BCUT2D eigenvalue weighted by Crippen LogP contribution is -2.36. The molecule has 0 bridgehead atoms. The zero-order valence-corrected chi connectivity index (χ0v) is 16.5. The molecule has 1 saturated carbocycles. The third-order valence-corrected chi connectivity index (χ3v) is 7.03. The number of benzene rings is 1. The number of amides is 1. The zero-order chi connectivity index (χ0) is 18.5. The largest absolute Gasteiger partial charge is 0.481 e. The summed E-state index contributed by atoms with van der Waals surface area (Å²) in [6.45, 7) is 2.18. The molecule has 0 saturated heterocycles. The van der Waals surface area contributed by atoms with Gasteiger partial charge in [-0.15, -0.1) is 11.3 Å². The van der Waals surface area contributed by atoms with Crippen molar-refractivity contribution in [3.05, 3.63) is 18.2 Å². The number of thioether (sulfide) groups is 1. The Morgan fingerprint density at radius 1 is 1.31 bits per heavy atom. The highest BCUT2D eigenvalue weighted by Gasteiger charge is 2.35. The molecule has 5 nitrogen and oxygen atoms in total. The SMILES string of the molecule is CCCCSc1nc2ccc(NC(=O)[C@@H]3CCCC[C@H]3C(=O)O)cc2s1. The second kappa shape index (κ2) is 8.86. The highest BCUT2D eigenvalue weighted by Crippen LogP contribution is 2.33. The highest BCUT2D eigenvalue weighted by atomic mass is 32.2. The van der Waals surface area contributed by atoms with Crippen molar-refractivity contribution in [2.24, 2.45) is 11.8 Å². The van der Waals surface area contributed by atoms with Crippen molar-refractivity contribution in [3.63, 3.8) is 0 Å². The minimum absolute atomic E-state index is 0.182. The molecule has 0 spiro atoms. The van der Waals surface area contributed by atoms with Gasteiger partial charge < -0.3 is 10.4 Å². The Labute approximate surface area is 161 Å². The molecule has 3 rings (SSSR count). The number of unbranched alkanes of at least 4 members (excludes halogenated alkanes) is 1.